The quantitative estimate of drug-likeness (QED) is 0.759. The predicted octanol–water partition coefficient (Wildman–Crippen LogP) is 0.894. The second-order valence-corrected chi connectivity index (χ2v) is 7.27. The van der Waals surface area contributed by atoms with E-state index in [2.05, 4.69) is 9.80 Å². The van der Waals surface area contributed by atoms with Gasteiger partial charge in [-0.05, 0) is 50.5 Å². The van der Waals surface area contributed by atoms with Gasteiger partial charge in [0.1, 0.15) is 0 Å². The van der Waals surface area contributed by atoms with E-state index in [-0.39, 0.29) is 0 Å². The SMILES string of the molecule is NCC1(O)CCCC1CCN1CCN(CC2CC2)CC1. The predicted molar refractivity (Wildman–Crippen MR) is 81.6 cm³/mol. The van der Waals surface area contributed by atoms with Gasteiger partial charge in [0.25, 0.3) is 0 Å². The van der Waals surface area contributed by atoms with Crippen molar-refractivity contribution >= 4 is 0 Å². The maximum atomic E-state index is 10.5. The van der Waals surface area contributed by atoms with Gasteiger partial charge >= 0.3 is 0 Å². The fourth-order valence-corrected chi connectivity index (χ4v) is 4.01. The second-order valence-electron chi connectivity index (χ2n) is 7.27. The fraction of sp³-hybridized carbons (Fsp3) is 1.00. The van der Waals surface area contributed by atoms with E-state index >= 15 is 0 Å². The highest BCUT2D eigenvalue weighted by molar-refractivity contribution is 4.93. The van der Waals surface area contributed by atoms with Crippen molar-refractivity contribution in [2.45, 2.75) is 44.1 Å². The first kappa shape index (κ1) is 14.8. The molecule has 0 aromatic carbocycles. The zero-order valence-electron chi connectivity index (χ0n) is 12.8. The Morgan fingerprint density at radius 3 is 2.40 bits per heavy atom. The summed E-state index contributed by atoms with van der Waals surface area (Å²) in [7, 11) is 0. The first-order valence-corrected chi connectivity index (χ1v) is 8.57. The van der Waals surface area contributed by atoms with Gasteiger partial charge in [-0.1, -0.05) is 6.42 Å². The van der Waals surface area contributed by atoms with Gasteiger partial charge in [0.15, 0.2) is 0 Å². The van der Waals surface area contributed by atoms with E-state index in [1.165, 1.54) is 45.6 Å². The molecule has 0 amide bonds. The highest BCUT2D eigenvalue weighted by atomic mass is 16.3. The van der Waals surface area contributed by atoms with Crippen LogP contribution in [-0.4, -0.2) is 66.3 Å². The monoisotopic (exact) mass is 281 g/mol. The molecule has 1 heterocycles. The zero-order valence-corrected chi connectivity index (χ0v) is 12.8. The zero-order chi connectivity index (χ0) is 14.0. The summed E-state index contributed by atoms with van der Waals surface area (Å²) in [6, 6.07) is 0. The molecule has 0 bridgehead atoms. The third-order valence-electron chi connectivity index (χ3n) is 5.75. The van der Waals surface area contributed by atoms with Crippen molar-refractivity contribution in [3.63, 3.8) is 0 Å². The minimum atomic E-state index is -0.562. The van der Waals surface area contributed by atoms with Gasteiger partial charge in [0.2, 0.25) is 0 Å². The van der Waals surface area contributed by atoms with Crippen LogP contribution in [0.3, 0.4) is 0 Å². The van der Waals surface area contributed by atoms with Crippen molar-refractivity contribution in [1.82, 2.24) is 9.80 Å². The Bertz CT molecular complexity index is 313. The number of rotatable bonds is 6. The maximum absolute atomic E-state index is 10.5. The average Bonchev–Trinajstić information content (AvgIpc) is 3.20. The lowest BCUT2D eigenvalue weighted by Crippen LogP contribution is -2.48. The molecule has 3 aliphatic rings. The summed E-state index contributed by atoms with van der Waals surface area (Å²) in [5.74, 6) is 1.44. The number of hydrogen-bond acceptors (Lipinski definition) is 4. The van der Waals surface area contributed by atoms with Crippen LogP contribution in [0.25, 0.3) is 0 Å². The van der Waals surface area contributed by atoms with Gasteiger partial charge in [-0.3, -0.25) is 0 Å². The van der Waals surface area contributed by atoms with Crippen LogP contribution in [0.2, 0.25) is 0 Å². The number of aliphatic hydroxyl groups is 1. The van der Waals surface area contributed by atoms with E-state index in [0.717, 1.165) is 38.1 Å². The Labute approximate surface area is 123 Å². The van der Waals surface area contributed by atoms with Crippen molar-refractivity contribution < 1.29 is 5.11 Å². The Hall–Kier alpha value is -0.160. The van der Waals surface area contributed by atoms with E-state index in [1.54, 1.807) is 0 Å². The van der Waals surface area contributed by atoms with Gasteiger partial charge in [-0.2, -0.15) is 0 Å². The molecule has 0 aromatic rings. The van der Waals surface area contributed by atoms with E-state index in [0.29, 0.717) is 12.5 Å². The lowest BCUT2D eigenvalue weighted by molar-refractivity contribution is 0.00259. The lowest BCUT2D eigenvalue weighted by atomic mass is 9.88. The van der Waals surface area contributed by atoms with Crippen LogP contribution in [0.15, 0.2) is 0 Å². The Kier molecular flexibility index (Phi) is 4.65. The van der Waals surface area contributed by atoms with Crippen LogP contribution in [0.4, 0.5) is 0 Å². The summed E-state index contributed by atoms with van der Waals surface area (Å²) in [4.78, 5) is 5.22. The molecule has 3 N–H and O–H groups in total. The molecule has 0 radical (unpaired) electrons. The van der Waals surface area contributed by atoms with Crippen molar-refractivity contribution in [3.05, 3.63) is 0 Å². The van der Waals surface area contributed by atoms with Gasteiger partial charge in [0, 0.05) is 39.3 Å². The van der Waals surface area contributed by atoms with Crippen molar-refractivity contribution in [3.8, 4) is 0 Å². The van der Waals surface area contributed by atoms with Gasteiger partial charge in [-0.15, -0.1) is 0 Å². The van der Waals surface area contributed by atoms with Crippen LogP contribution < -0.4 is 5.73 Å². The second kappa shape index (κ2) is 6.30. The molecule has 3 rings (SSSR count). The van der Waals surface area contributed by atoms with Crippen LogP contribution in [0.5, 0.6) is 0 Å². The minimum absolute atomic E-state index is 0.428. The fourth-order valence-electron chi connectivity index (χ4n) is 4.01. The first-order chi connectivity index (χ1) is 9.69. The van der Waals surface area contributed by atoms with E-state index in [9.17, 15) is 5.11 Å². The lowest BCUT2D eigenvalue weighted by Gasteiger charge is -2.36. The molecular weight excluding hydrogens is 250 g/mol. The minimum Gasteiger partial charge on any atom is -0.388 e. The largest absolute Gasteiger partial charge is 0.388 e. The topological polar surface area (TPSA) is 52.7 Å². The van der Waals surface area contributed by atoms with Gasteiger partial charge in [0.05, 0.1) is 5.60 Å². The highest BCUT2D eigenvalue weighted by Gasteiger charge is 2.39. The Balaban J connectivity index is 1.37. The molecule has 4 heteroatoms. The third kappa shape index (κ3) is 3.53. The Morgan fingerprint density at radius 2 is 1.75 bits per heavy atom. The van der Waals surface area contributed by atoms with Gasteiger partial charge < -0.3 is 20.6 Å². The number of nitrogens with zero attached hydrogens (tertiary/aromatic N) is 2. The Morgan fingerprint density at radius 1 is 1.05 bits per heavy atom. The summed E-state index contributed by atoms with van der Waals surface area (Å²) in [6.45, 7) is 7.81. The average molecular weight is 281 g/mol. The van der Waals surface area contributed by atoms with E-state index in [1.807, 2.05) is 0 Å². The molecule has 2 unspecified atom stereocenters. The molecule has 4 nitrogen and oxygen atoms in total. The number of hydrogen-bond donors (Lipinski definition) is 2. The highest BCUT2D eigenvalue weighted by Crippen LogP contribution is 2.37. The molecule has 116 valence electrons. The number of nitrogens with two attached hydrogens (primary N) is 1. The smallest absolute Gasteiger partial charge is 0.0797 e. The maximum Gasteiger partial charge on any atom is 0.0797 e. The van der Waals surface area contributed by atoms with Crippen LogP contribution in [0, 0.1) is 11.8 Å². The van der Waals surface area contributed by atoms with Gasteiger partial charge in [-0.25, -0.2) is 0 Å². The van der Waals surface area contributed by atoms with Crippen molar-refractivity contribution in [2.75, 3.05) is 45.8 Å². The molecule has 2 atom stereocenters. The van der Waals surface area contributed by atoms with Crippen LogP contribution in [0.1, 0.15) is 38.5 Å². The summed E-state index contributed by atoms with van der Waals surface area (Å²) < 4.78 is 0. The standard InChI is InChI=1S/C16H31N3O/c17-13-16(20)6-1-2-15(16)5-7-18-8-10-19(11-9-18)12-14-3-4-14/h14-15,20H,1-13,17H2. The summed E-state index contributed by atoms with van der Waals surface area (Å²) in [6.07, 6.45) is 7.25. The van der Waals surface area contributed by atoms with E-state index < -0.39 is 5.60 Å². The summed E-state index contributed by atoms with van der Waals surface area (Å²) in [5.41, 5.74) is 5.21. The van der Waals surface area contributed by atoms with Crippen LogP contribution >= 0.6 is 0 Å². The molecule has 0 aromatic heterocycles. The molecule has 3 fully saturated rings. The first-order valence-electron chi connectivity index (χ1n) is 8.57. The molecule has 20 heavy (non-hydrogen) atoms. The molecule has 0 spiro atoms. The van der Waals surface area contributed by atoms with E-state index in [4.69, 9.17) is 5.73 Å². The third-order valence-corrected chi connectivity index (χ3v) is 5.75. The van der Waals surface area contributed by atoms with Crippen molar-refractivity contribution in [1.29, 1.82) is 0 Å². The number of piperazine rings is 1. The molecule has 2 aliphatic carbocycles. The molecule has 1 saturated heterocycles. The summed E-state index contributed by atoms with van der Waals surface area (Å²) >= 11 is 0. The summed E-state index contributed by atoms with van der Waals surface area (Å²) in [5, 5.41) is 10.5. The molecule has 1 aliphatic heterocycles. The molecule has 2 saturated carbocycles. The normalized spacial score (nSPS) is 36.6. The molecular formula is C16H31N3O. The van der Waals surface area contributed by atoms with Crippen molar-refractivity contribution in [2.24, 2.45) is 17.6 Å². The van der Waals surface area contributed by atoms with Crippen LogP contribution in [-0.2, 0) is 0 Å².